The first-order chi connectivity index (χ1) is 9.49. The Balaban J connectivity index is 1.77. The normalized spacial score (nSPS) is 14.8. The number of carboxylic acid groups (broad SMARTS) is 1. The summed E-state index contributed by atoms with van der Waals surface area (Å²) in [7, 11) is 0. The Kier molecular flexibility index (Phi) is 4.27. The summed E-state index contributed by atoms with van der Waals surface area (Å²) in [6, 6.07) is 5.91. The molecule has 108 valence electrons. The highest BCUT2D eigenvalue weighted by molar-refractivity contribution is 5.81. The summed E-state index contributed by atoms with van der Waals surface area (Å²) in [6.45, 7) is 4.89. The molecule has 0 atom stereocenters. The Labute approximate surface area is 118 Å². The van der Waals surface area contributed by atoms with E-state index < -0.39 is 11.9 Å². The third-order valence-corrected chi connectivity index (χ3v) is 3.55. The molecular formula is C15H19NO4. The van der Waals surface area contributed by atoms with E-state index in [-0.39, 0.29) is 12.3 Å². The third-order valence-electron chi connectivity index (χ3n) is 3.55. The molecule has 1 aromatic carbocycles. The van der Waals surface area contributed by atoms with Crippen molar-refractivity contribution in [1.29, 1.82) is 0 Å². The minimum Gasteiger partial charge on any atom is -0.493 e. The van der Waals surface area contributed by atoms with Crippen molar-refractivity contribution in [2.24, 2.45) is 5.92 Å². The van der Waals surface area contributed by atoms with E-state index in [1.165, 1.54) is 0 Å². The van der Waals surface area contributed by atoms with Crippen LogP contribution in [0.1, 0.15) is 17.5 Å². The van der Waals surface area contributed by atoms with Crippen LogP contribution >= 0.6 is 0 Å². The van der Waals surface area contributed by atoms with Crippen molar-refractivity contribution in [3.8, 4) is 5.75 Å². The van der Waals surface area contributed by atoms with Crippen molar-refractivity contribution >= 4 is 11.9 Å². The lowest BCUT2D eigenvalue weighted by atomic mass is 10.0. The SMILES string of the molecule is Cc1cccc(C)c1OCCC(=O)N1CC(C(=O)O)C1. The number of rotatable bonds is 5. The lowest BCUT2D eigenvalue weighted by Crippen LogP contribution is -2.53. The number of ether oxygens (including phenoxy) is 1. The largest absolute Gasteiger partial charge is 0.493 e. The molecule has 5 nitrogen and oxygen atoms in total. The number of para-hydroxylation sites is 1. The zero-order valence-electron chi connectivity index (χ0n) is 11.8. The second-order valence-electron chi connectivity index (χ2n) is 5.15. The molecule has 0 spiro atoms. The number of amides is 1. The number of hydrogen-bond acceptors (Lipinski definition) is 3. The Bertz CT molecular complexity index is 500. The minimum atomic E-state index is -0.833. The number of likely N-dealkylation sites (tertiary alicyclic amines) is 1. The molecule has 0 radical (unpaired) electrons. The molecule has 2 rings (SSSR count). The fraction of sp³-hybridized carbons (Fsp3) is 0.467. The van der Waals surface area contributed by atoms with Crippen molar-refractivity contribution in [3.63, 3.8) is 0 Å². The van der Waals surface area contributed by atoms with E-state index in [9.17, 15) is 9.59 Å². The van der Waals surface area contributed by atoms with Crippen LogP contribution in [0.15, 0.2) is 18.2 Å². The summed E-state index contributed by atoms with van der Waals surface area (Å²) in [5.41, 5.74) is 2.10. The average Bonchev–Trinajstić information content (AvgIpc) is 2.30. The second-order valence-corrected chi connectivity index (χ2v) is 5.15. The van der Waals surface area contributed by atoms with Gasteiger partial charge in [0.15, 0.2) is 0 Å². The van der Waals surface area contributed by atoms with E-state index in [0.717, 1.165) is 16.9 Å². The number of hydrogen-bond donors (Lipinski definition) is 1. The van der Waals surface area contributed by atoms with Gasteiger partial charge in [-0.05, 0) is 25.0 Å². The third kappa shape index (κ3) is 3.10. The minimum absolute atomic E-state index is 0.0475. The zero-order chi connectivity index (χ0) is 14.7. The fourth-order valence-corrected chi connectivity index (χ4v) is 2.26. The van der Waals surface area contributed by atoms with Gasteiger partial charge in [-0.1, -0.05) is 18.2 Å². The van der Waals surface area contributed by atoms with Crippen molar-refractivity contribution in [2.45, 2.75) is 20.3 Å². The first-order valence-corrected chi connectivity index (χ1v) is 6.68. The molecule has 5 heteroatoms. The number of carbonyl (C=O) groups excluding carboxylic acids is 1. The van der Waals surface area contributed by atoms with Crippen LogP contribution in [0.4, 0.5) is 0 Å². The summed E-state index contributed by atoms with van der Waals surface area (Å²) >= 11 is 0. The lowest BCUT2D eigenvalue weighted by molar-refractivity contribution is -0.152. The fourth-order valence-electron chi connectivity index (χ4n) is 2.26. The Morgan fingerprint density at radius 1 is 1.30 bits per heavy atom. The lowest BCUT2D eigenvalue weighted by Gasteiger charge is -2.36. The van der Waals surface area contributed by atoms with Gasteiger partial charge in [0.05, 0.1) is 18.9 Å². The van der Waals surface area contributed by atoms with Gasteiger partial charge in [-0.25, -0.2) is 0 Å². The van der Waals surface area contributed by atoms with Gasteiger partial charge in [0.1, 0.15) is 5.75 Å². The van der Waals surface area contributed by atoms with Gasteiger partial charge < -0.3 is 14.7 Å². The predicted molar refractivity (Wildman–Crippen MR) is 73.7 cm³/mol. The molecule has 0 aliphatic carbocycles. The molecule has 1 heterocycles. The van der Waals surface area contributed by atoms with Crippen LogP contribution in [0.2, 0.25) is 0 Å². The molecule has 1 aliphatic rings. The van der Waals surface area contributed by atoms with E-state index in [0.29, 0.717) is 19.7 Å². The first kappa shape index (κ1) is 14.4. The van der Waals surface area contributed by atoms with Crippen LogP contribution < -0.4 is 4.74 Å². The van der Waals surface area contributed by atoms with Crippen LogP contribution in [-0.2, 0) is 9.59 Å². The van der Waals surface area contributed by atoms with Gasteiger partial charge in [0.25, 0.3) is 0 Å². The van der Waals surface area contributed by atoms with Gasteiger partial charge in [-0.2, -0.15) is 0 Å². The summed E-state index contributed by atoms with van der Waals surface area (Å²) in [5.74, 6) is -0.458. The summed E-state index contributed by atoms with van der Waals surface area (Å²) < 4.78 is 5.67. The van der Waals surface area contributed by atoms with Crippen LogP contribution in [0, 0.1) is 19.8 Å². The maximum absolute atomic E-state index is 11.8. The highest BCUT2D eigenvalue weighted by Gasteiger charge is 2.35. The molecule has 20 heavy (non-hydrogen) atoms. The highest BCUT2D eigenvalue weighted by Crippen LogP contribution is 2.23. The molecule has 1 amide bonds. The molecule has 0 saturated carbocycles. The van der Waals surface area contributed by atoms with Crippen molar-refractivity contribution in [1.82, 2.24) is 4.90 Å². The molecule has 1 aliphatic heterocycles. The maximum Gasteiger partial charge on any atom is 0.310 e. The van der Waals surface area contributed by atoms with Crippen LogP contribution in [0.3, 0.4) is 0 Å². The number of aryl methyl sites for hydroxylation is 2. The van der Waals surface area contributed by atoms with E-state index in [1.54, 1.807) is 4.90 Å². The molecule has 0 unspecified atom stereocenters. The van der Waals surface area contributed by atoms with Gasteiger partial charge in [0, 0.05) is 13.1 Å². The van der Waals surface area contributed by atoms with Crippen molar-refractivity contribution < 1.29 is 19.4 Å². The van der Waals surface area contributed by atoms with Crippen molar-refractivity contribution in [3.05, 3.63) is 29.3 Å². The Morgan fingerprint density at radius 3 is 2.45 bits per heavy atom. The van der Waals surface area contributed by atoms with Crippen molar-refractivity contribution in [2.75, 3.05) is 19.7 Å². The van der Waals surface area contributed by atoms with E-state index in [4.69, 9.17) is 9.84 Å². The van der Waals surface area contributed by atoms with Gasteiger partial charge in [-0.3, -0.25) is 9.59 Å². The molecular weight excluding hydrogens is 258 g/mol. The molecule has 1 fully saturated rings. The van der Waals surface area contributed by atoms with Crippen LogP contribution in [-0.4, -0.2) is 41.6 Å². The molecule has 1 aromatic rings. The predicted octanol–water partition coefficient (Wildman–Crippen LogP) is 1.62. The molecule has 1 N–H and O–H groups in total. The monoisotopic (exact) mass is 277 g/mol. The number of nitrogens with zero attached hydrogens (tertiary/aromatic N) is 1. The van der Waals surface area contributed by atoms with Crippen LogP contribution in [0.25, 0.3) is 0 Å². The van der Waals surface area contributed by atoms with E-state index in [1.807, 2.05) is 32.0 Å². The molecule has 1 saturated heterocycles. The highest BCUT2D eigenvalue weighted by atomic mass is 16.5. The average molecular weight is 277 g/mol. The van der Waals surface area contributed by atoms with Crippen LogP contribution in [0.5, 0.6) is 5.75 Å². The number of aliphatic carboxylic acids is 1. The molecule has 0 bridgehead atoms. The zero-order valence-corrected chi connectivity index (χ0v) is 11.8. The number of carbonyl (C=O) groups is 2. The summed E-state index contributed by atoms with van der Waals surface area (Å²) in [4.78, 5) is 24.0. The Hall–Kier alpha value is -2.04. The second kappa shape index (κ2) is 5.94. The van der Waals surface area contributed by atoms with E-state index >= 15 is 0 Å². The number of carboxylic acids is 1. The maximum atomic E-state index is 11.8. The quantitative estimate of drug-likeness (QED) is 0.888. The van der Waals surface area contributed by atoms with Gasteiger partial charge >= 0.3 is 5.97 Å². The summed E-state index contributed by atoms with van der Waals surface area (Å²) in [5, 5.41) is 8.76. The Morgan fingerprint density at radius 2 is 1.90 bits per heavy atom. The van der Waals surface area contributed by atoms with Gasteiger partial charge in [-0.15, -0.1) is 0 Å². The van der Waals surface area contributed by atoms with Gasteiger partial charge in [0.2, 0.25) is 5.91 Å². The van der Waals surface area contributed by atoms with E-state index in [2.05, 4.69) is 0 Å². The molecule has 0 aromatic heterocycles. The number of benzene rings is 1. The first-order valence-electron chi connectivity index (χ1n) is 6.68. The summed E-state index contributed by atoms with van der Waals surface area (Å²) in [6.07, 6.45) is 0.278. The standard InChI is InChI=1S/C15H19NO4/c1-10-4-3-5-11(2)14(10)20-7-6-13(17)16-8-12(9-16)15(18)19/h3-5,12H,6-9H2,1-2H3,(H,18,19). The smallest absolute Gasteiger partial charge is 0.310 e. The topological polar surface area (TPSA) is 66.8 Å².